The molecule has 0 aliphatic carbocycles. The maximum atomic E-state index is 12.4. The van der Waals surface area contributed by atoms with Gasteiger partial charge in [0, 0.05) is 0 Å². The summed E-state index contributed by atoms with van der Waals surface area (Å²) in [5.74, 6) is 0.0728. The molecule has 0 aromatic heterocycles. The Morgan fingerprint density at radius 2 is 2.00 bits per heavy atom. The van der Waals surface area contributed by atoms with E-state index < -0.39 is 5.78 Å². The van der Waals surface area contributed by atoms with Crippen molar-refractivity contribution in [1.29, 1.82) is 5.26 Å². The number of ether oxygens (including phenoxy) is 1. The van der Waals surface area contributed by atoms with Crippen LogP contribution in [0.2, 0.25) is 0 Å². The number of aromatic hydroxyl groups is 1. The van der Waals surface area contributed by atoms with E-state index in [9.17, 15) is 15.2 Å². The Morgan fingerprint density at radius 3 is 2.67 bits per heavy atom. The topological polar surface area (TPSA) is 70.3 Å². The van der Waals surface area contributed by atoms with E-state index in [0.29, 0.717) is 16.9 Å². The number of allylic oxidation sites excluding steroid dienone is 1. The van der Waals surface area contributed by atoms with Gasteiger partial charge >= 0.3 is 0 Å². The van der Waals surface area contributed by atoms with E-state index in [0.717, 1.165) is 0 Å². The summed E-state index contributed by atoms with van der Waals surface area (Å²) in [7, 11) is 1.47. The van der Waals surface area contributed by atoms with Crippen molar-refractivity contribution in [2.75, 3.05) is 7.11 Å². The van der Waals surface area contributed by atoms with Crippen molar-refractivity contribution in [3.05, 3.63) is 65.2 Å². The molecule has 0 aliphatic heterocycles. The van der Waals surface area contributed by atoms with Gasteiger partial charge in [0.1, 0.15) is 23.1 Å². The number of hydrogen-bond acceptors (Lipinski definition) is 4. The molecular formula is C17H13NO3. The number of methoxy groups -OCH3 is 1. The third-order valence-electron chi connectivity index (χ3n) is 2.90. The maximum absolute atomic E-state index is 12.4. The molecule has 2 aromatic carbocycles. The summed E-state index contributed by atoms with van der Waals surface area (Å²) >= 11 is 0. The zero-order chi connectivity index (χ0) is 15.2. The maximum Gasteiger partial charge on any atom is 0.207 e. The molecule has 0 saturated carbocycles. The summed E-state index contributed by atoms with van der Waals surface area (Å²) in [5.41, 5.74) is 0.882. The van der Waals surface area contributed by atoms with Gasteiger partial charge in [-0.2, -0.15) is 5.26 Å². The summed E-state index contributed by atoms with van der Waals surface area (Å²) in [4.78, 5) is 12.4. The molecule has 2 rings (SSSR count). The lowest BCUT2D eigenvalue weighted by Gasteiger charge is -2.06. The number of phenols is 1. The van der Waals surface area contributed by atoms with Crippen LogP contribution >= 0.6 is 0 Å². The second kappa shape index (κ2) is 6.40. The molecule has 2 aromatic rings. The zero-order valence-corrected chi connectivity index (χ0v) is 11.4. The number of para-hydroxylation sites is 1. The largest absolute Gasteiger partial charge is 0.508 e. The van der Waals surface area contributed by atoms with Crippen molar-refractivity contribution in [3.8, 4) is 17.6 Å². The summed E-state index contributed by atoms with van der Waals surface area (Å²) < 4.78 is 5.13. The molecule has 104 valence electrons. The Kier molecular flexibility index (Phi) is 4.37. The number of nitriles is 1. The average Bonchev–Trinajstić information content (AvgIpc) is 2.52. The lowest BCUT2D eigenvalue weighted by atomic mass is 10.0. The second-order valence-electron chi connectivity index (χ2n) is 4.29. The predicted octanol–water partition coefficient (Wildman–Crippen LogP) is 3.19. The fraction of sp³-hybridized carbons (Fsp3) is 0.0588. The molecule has 4 heteroatoms. The summed E-state index contributed by atoms with van der Waals surface area (Å²) in [6.45, 7) is 0. The molecule has 0 amide bonds. The Morgan fingerprint density at radius 1 is 1.24 bits per heavy atom. The minimum atomic E-state index is -0.418. The molecule has 0 bridgehead atoms. The van der Waals surface area contributed by atoms with Crippen molar-refractivity contribution in [1.82, 2.24) is 0 Å². The third-order valence-corrected chi connectivity index (χ3v) is 2.90. The standard InChI is InChI=1S/C17H13NO3/c1-21-16-8-3-2-7-15(16)17(20)13(11-18)9-12-5-4-6-14(19)10-12/h2-10,19H,1H3/b13-9+. The Hall–Kier alpha value is -3.06. The monoisotopic (exact) mass is 279 g/mol. The quantitative estimate of drug-likeness (QED) is 0.530. The normalized spacial score (nSPS) is 10.8. The van der Waals surface area contributed by atoms with Gasteiger partial charge in [-0.05, 0) is 35.9 Å². The van der Waals surface area contributed by atoms with E-state index in [1.807, 2.05) is 6.07 Å². The number of nitrogens with zero attached hydrogens (tertiary/aromatic N) is 1. The molecule has 0 unspecified atom stereocenters. The molecule has 0 radical (unpaired) electrons. The van der Waals surface area contributed by atoms with E-state index in [1.54, 1.807) is 36.4 Å². The highest BCUT2D eigenvalue weighted by molar-refractivity contribution is 6.15. The van der Waals surface area contributed by atoms with Gasteiger partial charge in [-0.15, -0.1) is 0 Å². The van der Waals surface area contributed by atoms with Crippen LogP contribution in [0.5, 0.6) is 11.5 Å². The third kappa shape index (κ3) is 3.28. The molecule has 0 heterocycles. The summed E-state index contributed by atoms with van der Waals surface area (Å²) in [5, 5.41) is 18.6. The Bertz CT molecular complexity index is 742. The van der Waals surface area contributed by atoms with E-state index >= 15 is 0 Å². The highest BCUT2D eigenvalue weighted by Crippen LogP contribution is 2.22. The Balaban J connectivity index is 2.42. The fourth-order valence-electron chi connectivity index (χ4n) is 1.91. The number of Topliss-reactive ketones (excluding diaryl/α,β-unsaturated/α-hetero) is 1. The summed E-state index contributed by atoms with van der Waals surface area (Å²) in [6, 6.07) is 15.0. The zero-order valence-electron chi connectivity index (χ0n) is 11.4. The average molecular weight is 279 g/mol. The molecule has 4 nitrogen and oxygen atoms in total. The van der Waals surface area contributed by atoms with Gasteiger partial charge in [-0.25, -0.2) is 0 Å². The van der Waals surface area contributed by atoms with Gasteiger partial charge in [0.05, 0.1) is 12.7 Å². The SMILES string of the molecule is COc1ccccc1C(=O)/C(C#N)=C/c1cccc(O)c1. The molecule has 1 N–H and O–H groups in total. The van der Waals surface area contributed by atoms with Crippen LogP contribution in [0, 0.1) is 11.3 Å². The van der Waals surface area contributed by atoms with Gasteiger partial charge in [0.2, 0.25) is 5.78 Å². The Labute approximate surface area is 122 Å². The van der Waals surface area contributed by atoms with Crippen LogP contribution in [0.25, 0.3) is 6.08 Å². The predicted molar refractivity (Wildman–Crippen MR) is 79.0 cm³/mol. The minimum absolute atomic E-state index is 0.0231. The number of hydrogen-bond donors (Lipinski definition) is 1. The van der Waals surface area contributed by atoms with Gasteiger partial charge in [0.15, 0.2) is 0 Å². The van der Waals surface area contributed by atoms with Crippen molar-refractivity contribution in [2.24, 2.45) is 0 Å². The fourth-order valence-corrected chi connectivity index (χ4v) is 1.91. The van der Waals surface area contributed by atoms with Gasteiger partial charge < -0.3 is 9.84 Å². The molecule has 0 spiro atoms. The first-order valence-electron chi connectivity index (χ1n) is 6.24. The van der Waals surface area contributed by atoms with Crippen molar-refractivity contribution in [3.63, 3.8) is 0 Å². The van der Waals surface area contributed by atoms with E-state index in [1.165, 1.54) is 25.3 Å². The van der Waals surface area contributed by atoms with E-state index in [4.69, 9.17) is 4.74 Å². The van der Waals surface area contributed by atoms with Crippen LogP contribution in [0.4, 0.5) is 0 Å². The molecular weight excluding hydrogens is 266 g/mol. The number of carbonyl (C=O) groups is 1. The highest BCUT2D eigenvalue weighted by Gasteiger charge is 2.16. The van der Waals surface area contributed by atoms with E-state index in [2.05, 4.69) is 0 Å². The van der Waals surface area contributed by atoms with Crippen molar-refractivity contribution >= 4 is 11.9 Å². The molecule has 0 saturated heterocycles. The lowest BCUT2D eigenvalue weighted by molar-refractivity contribution is 0.103. The first-order valence-corrected chi connectivity index (χ1v) is 6.24. The van der Waals surface area contributed by atoms with Crippen molar-refractivity contribution < 1.29 is 14.6 Å². The number of benzene rings is 2. The van der Waals surface area contributed by atoms with Crippen LogP contribution in [0.3, 0.4) is 0 Å². The molecule has 0 atom stereocenters. The van der Waals surface area contributed by atoms with Crippen molar-refractivity contribution in [2.45, 2.75) is 0 Å². The second-order valence-corrected chi connectivity index (χ2v) is 4.29. The van der Waals surface area contributed by atoms with Gasteiger partial charge in [-0.3, -0.25) is 4.79 Å². The highest BCUT2D eigenvalue weighted by atomic mass is 16.5. The van der Waals surface area contributed by atoms with Crippen LogP contribution in [-0.2, 0) is 0 Å². The lowest BCUT2D eigenvalue weighted by Crippen LogP contribution is -2.04. The number of ketones is 1. The van der Waals surface area contributed by atoms with Crippen LogP contribution in [-0.4, -0.2) is 18.0 Å². The summed E-state index contributed by atoms with van der Waals surface area (Å²) in [6.07, 6.45) is 1.44. The molecule has 0 fully saturated rings. The van der Waals surface area contributed by atoms with Crippen LogP contribution in [0.1, 0.15) is 15.9 Å². The number of phenolic OH excluding ortho intramolecular Hbond substituents is 1. The number of carbonyl (C=O) groups excluding carboxylic acids is 1. The van der Waals surface area contributed by atoms with Gasteiger partial charge in [-0.1, -0.05) is 24.3 Å². The minimum Gasteiger partial charge on any atom is -0.508 e. The number of rotatable bonds is 4. The first-order chi connectivity index (χ1) is 10.2. The van der Waals surface area contributed by atoms with Gasteiger partial charge in [0.25, 0.3) is 0 Å². The van der Waals surface area contributed by atoms with E-state index in [-0.39, 0.29) is 11.3 Å². The molecule has 21 heavy (non-hydrogen) atoms. The molecule has 0 aliphatic rings. The first kappa shape index (κ1) is 14.4. The van der Waals surface area contributed by atoms with Crippen LogP contribution < -0.4 is 4.74 Å². The smallest absolute Gasteiger partial charge is 0.207 e. The van der Waals surface area contributed by atoms with Crippen LogP contribution in [0.15, 0.2) is 54.1 Å².